The predicted molar refractivity (Wildman–Crippen MR) is 116 cm³/mol. The van der Waals surface area contributed by atoms with Gasteiger partial charge in [0.2, 0.25) is 0 Å². The molecule has 1 aromatic heterocycles. The Morgan fingerprint density at radius 3 is 2.24 bits per heavy atom. The van der Waals surface area contributed by atoms with E-state index in [-0.39, 0.29) is 5.91 Å². The second kappa shape index (κ2) is 8.86. The Hall–Kier alpha value is -3.21. The Kier molecular flexibility index (Phi) is 6.27. The standard InChI is InChI=1S/C24H28N2O3/c1-6-25(7-2)24(27)20-16-21(18-11-9-8-10-12-18)26(17(20)3)22-15-19(28-4)13-14-23(22)29-5/h8-16H,6-7H2,1-5H3. The minimum absolute atomic E-state index is 0.0327. The molecule has 3 aromatic rings. The van der Waals surface area contributed by atoms with Gasteiger partial charge in [-0.05, 0) is 44.5 Å². The summed E-state index contributed by atoms with van der Waals surface area (Å²) in [5, 5.41) is 0. The quantitative estimate of drug-likeness (QED) is 0.571. The van der Waals surface area contributed by atoms with Crippen molar-refractivity contribution >= 4 is 5.91 Å². The van der Waals surface area contributed by atoms with Gasteiger partial charge in [0.05, 0.1) is 31.2 Å². The number of ether oxygens (including phenoxy) is 2. The van der Waals surface area contributed by atoms with Gasteiger partial charge in [-0.25, -0.2) is 0 Å². The van der Waals surface area contributed by atoms with Crippen molar-refractivity contribution < 1.29 is 14.3 Å². The van der Waals surface area contributed by atoms with E-state index in [9.17, 15) is 4.79 Å². The van der Waals surface area contributed by atoms with E-state index in [0.29, 0.717) is 24.4 Å². The zero-order valence-electron chi connectivity index (χ0n) is 17.7. The van der Waals surface area contributed by atoms with Crippen molar-refractivity contribution in [3.8, 4) is 28.4 Å². The van der Waals surface area contributed by atoms with Crippen molar-refractivity contribution in [3.05, 3.63) is 65.9 Å². The van der Waals surface area contributed by atoms with Crippen molar-refractivity contribution in [1.82, 2.24) is 9.47 Å². The minimum Gasteiger partial charge on any atom is -0.497 e. The molecule has 29 heavy (non-hydrogen) atoms. The lowest BCUT2D eigenvalue weighted by atomic mass is 10.1. The molecule has 3 rings (SSSR count). The lowest BCUT2D eigenvalue weighted by molar-refractivity contribution is 0.0772. The molecular formula is C24H28N2O3. The molecule has 5 nitrogen and oxygen atoms in total. The van der Waals surface area contributed by atoms with Gasteiger partial charge in [-0.2, -0.15) is 0 Å². The fourth-order valence-electron chi connectivity index (χ4n) is 3.61. The first kappa shape index (κ1) is 20.5. The molecule has 0 saturated carbocycles. The predicted octanol–water partition coefficient (Wildman–Crippen LogP) is 4.95. The largest absolute Gasteiger partial charge is 0.497 e. The van der Waals surface area contributed by atoms with Crippen molar-refractivity contribution in [3.63, 3.8) is 0 Å². The summed E-state index contributed by atoms with van der Waals surface area (Å²) < 4.78 is 13.2. The van der Waals surface area contributed by atoms with Gasteiger partial charge in [-0.3, -0.25) is 4.79 Å². The highest BCUT2D eigenvalue weighted by Gasteiger charge is 2.24. The summed E-state index contributed by atoms with van der Waals surface area (Å²) in [6, 6.07) is 17.7. The van der Waals surface area contributed by atoms with E-state index in [1.54, 1.807) is 14.2 Å². The average molecular weight is 392 g/mol. The molecule has 1 amide bonds. The fourth-order valence-corrected chi connectivity index (χ4v) is 3.61. The van der Waals surface area contributed by atoms with Gasteiger partial charge >= 0.3 is 0 Å². The second-order valence-electron chi connectivity index (χ2n) is 6.75. The van der Waals surface area contributed by atoms with Crippen LogP contribution in [0.25, 0.3) is 16.9 Å². The Balaban J connectivity index is 2.30. The molecule has 0 N–H and O–H groups in total. The monoisotopic (exact) mass is 392 g/mol. The van der Waals surface area contributed by atoms with Crippen LogP contribution in [0, 0.1) is 6.92 Å². The number of carbonyl (C=O) groups is 1. The topological polar surface area (TPSA) is 43.7 Å². The summed E-state index contributed by atoms with van der Waals surface area (Å²) in [7, 11) is 3.29. The summed E-state index contributed by atoms with van der Waals surface area (Å²) in [6.45, 7) is 7.31. The van der Waals surface area contributed by atoms with Crippen molar-refractivity contribution in [2.24, 2.45) is 0 Å². The molecule has 0 bridgehead atoms. The Labute approximate surface area is 172 Å². The van der Waals surface area contributed by atoms with Crippen LogP contribution in [0.2, 0.25) is 0 Å². The molecular weight excluding hydrogens is 364 g/mol. The number of methoxy groups -OCH3 is 2. The molecule has 0 radical (unpaired) electrons. The number of aromatic nitrogens is 1. The first-order valence-electron chi connectivity index (χ1n) is 9.85. The van der Waals surface area contributed by atoms with Crippen LogP contribution in [-0.2, 0) is 0 Å². The number of hydrogen-bond acceptors (Lipinski definition) is 3. The molecule has 152 valence electrons. The van der Waals surface area contributed by atoms with E-state index in [1.807, 2.05) is 80.3 Å². The van der Waals surface area contributed by atoms with E-state index in [2.05, 4.69) is 4.57 Å². The number of benzene rings is 2. The first-order valence-corrected chi connectivity index (χ1v) is 9.85. The maximum atomic E-state index is 13.2. The Bertz CT molecular complexity index is 989. The molecule has 0 unspecified atom stereocenters. The van der Waals surface area contributed by atoms with E-state index in [4.69, 9.17) is 9.47 Å². The van der Waals surface area contributed by atoms with Crippen molar-refractivity contribution in [2.75, 3.05) is 27.3 Å². The first-order chi connectivity index (χ1) is 14.0. The third-order valence-corrected chi connectivity index (χ3v) is 5.22. The van der Waals surface area contributed by atoms with Crippen LogP contribution in [0.5, 0.6) is 11.5 Å². The number of amides is 1. The number of rotatable bonds is 7. The summed E-state index contributed by atoms with van der Waals surface area (Å²) in [5.41, 5.74) is 4.36. The van der Waals surface area contributed by atoms with E-state index in [1.165, 1.54) is 0 Å². The normalized spacial score (nSPS) is 10.7. The fraction of sp³-hybridized carbons (Fsp3) is 0.292. The number of hydrogen-bond donors (Lipinski definition) is 0. The lowest BCUT2D eigenvalue weighted by Crippen LogP contribution is -2.30. The molecule has 0 aliphatic heterocycles. The SMILES string of the molecule is CCN(CC)C(=O)c1cc(-c2ccccc2)n(-c2cc(OC)ccc2OC)c1C. The molecule has 0 aliphatic carbocycles. The van der Waals surface area contributed by atoms with Crippen LogP contribution in [0.3, 0.4) is 0 Å². The van der Waals surface area contributed by atoms with Crippen molar-refractivity contribution in [1.29, 1.82) is 0 Å². The molecule has 1 heterocycles. The zero-order chi connectivity index (χ0) is 21.0. The summed E-state index contributed by atoms with van der Waals surface area (Å²) >= 11 is 0. The summed E-state index contributed by atoms with van der Waals surface area (Å²) in [4.78, 5) is 15.0. The second-order valence-corrected chi connectivity index (χ2v) is 6.75. The highest BCUT2D eigenvalue weighted by atomic mass is 16.5. The van der Waals surface area contributed by atoms with Gasteiger partial charge < -0.3 is 18.9 Å². The Morgan fingerprint density at radius 2 is 1.66 bits per heavy atom. The van der Waals surface area contributed by atoms with Crippen LogP contribution in [-0.4, -0.2) is 42.7 Å². The molecule has 0 aliphatic rings. The van der Waals surface area contributed by atoms with Gasteiger partial charge in [0.25, 0.3) is 5.91 Å². The van der Waals surface area contributed by atoms with Crippen LogP contribution < -0.4 is 9.47 Å². The highest BCUT2D eigenvalue weighted by molar-refractivity contribution is 5.97. The van der Waals surface area contributed by atoms with E-state index >= 15 is 0 Å². The molecule has 0 atom stereocenters. The van der Waals surface area contributed by atoms with Crippen molar-refractivity contribution in [2.45, 2.75) is 20.8 Å². The third kappa shape index (κ3) is 3.86. The average Bonchev–Trinajstić information content (AvgIpc) is 3.11. The molecule has 2 aromatic carbocycles. The third-order valence-electron chi connectivity index (χ3n) is 5.22. The highest BCUT2D eigenvalue weighted by Crippen LogP contribution is 2.35. The van der Waals surface area contributed by atoms with Gasteiger partial charge in [-0.1, -0.05) is 30.3 Å². The zero-order valence-corrected chi connectivity index (χ0v) is 17.7. The minimum atomic E-state index is 0.0327. The van der Waals surface area contributed by atoms with E-state index in [0.717, 1.165) is 28.4 Å². The van der Waals surface area contributed by atoms with Crippen LogP contribution >= 0.6 is 0 Å². The Morgan fingerprint density at radius 1 is 0.966 bits per heavy atom. The number of nitrogens with zero attached hydrogens (tertiary/aromatic N) is 2. The summed E-state index contributed by atoms with van der Waals surface area (Å²) in [5.74, 6) is 1.47. The smallest absolute Gasteiger partial charge is 0.255 e. The summed E-state index contributed by atoms with van der Waals surface area (Å²) in [6.07, 6.45) is 0. The van der Waals surface area contributed by atoms with Gasteiger partial charge in [-0.15, -0.1) is 0 Å². The van der Waals surface area contributed by atoms with Gasteiger partial charge in [0.15, 0.2) is 0 Å². The molecule has 0 fully saturated rings. The van der Waals surface area contributed by atoms with E-state index < -0.39 is 0 Å². The van der Waals surface area contributed by atoms with Crippen LogP contribution in [0.15, 0.2) is 54.6 Å². The molecule has 5 heteroatoms. The van der Waals surface area contributed by atoms with Crippen LogP contribution in [0.4, 0.5) is 0 Å². The molecule has 0 saturated heterocycles. The lowest BCUT2D eigenvalue weighted by Gasteiger charge is -2.19. The van der Waals surface area contributed by atoms with Crippen LogP contribution in [0.1, 0.15) is 29.9 Å². The van der Waals surface area contributed by atoms with Gasteiger partial charge in [0, 0.05) is 24.8 Å². The maximum Gasteiger partial charge on any atom is 0.255 e. The molecule has 0 spiro atoms. The maximum absolute atomic E-state index is 13.2. The van der Waals surface area contributed by atoms with Gasteiger partial charge in [0.1, 0.15) is 11.5 Å². The number of carbonyl (C=O) groups excluding carboxylic acids is 1.